The number of nitrogens with one attached hydrogen (secondary N) is 2. The Morgan fingerprint density at radius 3 is 2.29 bits per heavy atom. The molecule has 1 unspecified atom stereocenters. The molecule has 160 valence electrons. The Morgan fingerprint density at radius 2 is 1.55 bits per heavy atom. The summed E-state index contributed by atoms with van der Waals surface area (Å²) < 4.78 is 5.22. The second-order valence-electron chi connectivity index (χ2n) is 7.70. The Kier molecular flexibility index (Phi) is 7.38. The standard InChI is InChI=1S/C25H26N2O4/c1-17(2)15-22(27-24(29)19-10-4-3-5-11-19)25(30)31-16-23(28)26-21-14-8-12-18-9-6-7-13-20(18)21/h3-14,17,22H,15-16H2,1-2H3,(H,26,28)(H,27,29). The van der Waals surface area contributed by atoms with Gasteiger partial charge in [0.25, 0.3) is 11.8 Å². The minimum Gasteiger partial charge on any atom is -0.454 e. The first-order valence-corrected chi connectivity index (χ1v) is 10.2. The lowest BCUT2D eigenvalue weighted by molar-refractivity contribution is -0.149. The van der Waals surface area contributed by atoms with Crippen molar-refractivity contribution < 1.29 is 19.1 Å². The zero-order chi connectivity index (χ0) is 22.2. The molecule has 0 aliphatic heterocycles. The van der Waals surface area contributed by atoms with Gasteiger partial charge in [0, 0.05) is 16.6 Å². The predicted molar refractivity (Wildman–Crippen MR) is 121 cm³/mol. The van der Waals surface area contributed by atoms with Gasteiger partial charge in [0.15, 0.2) is 6.61 Å². The molecule has 0 aliphatic rings. The highest BCUT2D eigenvalue weighted by molar-refractivity contribution is 6.03. The van der Waals surface area contributed by atoms with E-state index in [1.165, 1.54) is 0 Å². The normalized spacial score (nSPS) is 11.7. The number of anilines is 1. The van der Waals surface area contributed by atoms with Crippen molar-refractivity contribution in [3.05, 3.63) is 78.4 Å². The van der Waals surface area contributed by atoms with Gasteiger partial charge < -0.3 is 15.4 Å². The number of ether oxygens (including phenoxy) is 1. The molecule has 6 nitrogen and oxygen atoms in total. The van der Waals surface area contributed by atoms with E-state index in [2.05, 4.69) is 10.6 Å². The molecule has 0 aromatic heterocycles. The van der Waals surface area contributed by atoms with Gasteiger partial charge in [-0.25, -0.2) is 4.79 Å². The van der Waals surface area contributed by atoms with E-state index >= 15 is 0 Å². The molecule has 0 saturated carbocycles. The average Bonchev–Trinajstić information content (AvgIpc) is 2.77. The second kappa shape index (κ2) is 10.4. The fraction of sp³-hybridized carbons (Fsp3) is 0.240. The lowest BCUT2D eigenvalue weighted by Gasteiger charge is -2.19. The molecule has 0 bridgehead atoms. The van der Waals surface area contributed by atoms with Crippen molar-refractivity contribution in [1.29, 1.82) is 0 Å². The number of carbonyl (C=O) groups is 3. The Balaban J connectivity index is 1.60. The van der Waals surface area contributed by atoms with Crippen LogP contribution in [0.5, 0.6) is 0 Å². The first-order chi connectivity index (χ1) is 14.9. The van der Waals surface area contributed by atoms with Crippen LogP contribution in [0.15, 0.2) is 72.8 Å². The zero-order valence-electron chi connectivity index (χ0n) is 17.6. The highest BCUT2D eigenvalue weighted by Crippen LogP contribution is 2.22. The summed E-state index contributed by atoms with van der Waals surface area (Å²) in [6.07, 6.45) is 0.405. The lowest BCUT2D eigenvalue weighted by atomic mass is 10.0. The average molecular weight is 418 g/mol. The van der Waals surface area contributed by atoms with Crippen LogP contribution in [0.2, 0.25) is 0 Å². The number of carbonyl (C=O) groups excluding carboxylic acids is 3. The highest BCUT2D eigenvalue weighted by atomic mass is 16.5. The van der Waals surface area contributed by atoms with Gasteiger partial charge >= 0.3 is 5.97 Å². The van der Waals surface area contributed by atoms with E-state index in [9.17, 15) is 14.4 Å². The number of rotatable bonds is 8. The molecule has 31 heavy (non-hydrogen) atoms. The van der Waals surface area contributed by atoms with Gasteiger partial charge in [-0.1, -0.05) is 68.4 Å². The molecule has 0 aliphatic carbocycles. The third-order valence-electron chi connectivity index (χ3n) is 4.74. The van der Waals surface area contributed by atoms with Gasteiger partial charge in [0.1, 0.15) is 6.04 Å². The summed E-state index contributed by atoms with van der Waals surface area (Å²) in [5.41, 5.74) is 1.10. The maximum absolute atomic E-state index is 12.6. The molecule has 0 spiro atoms. The van der Waals surface area contributed by atoms with Crippen LogP contribution in [0, 0.1) is 5.92 Å². The summed E-state index contributed by atoms with van der Waals surface area (Å²) in [5.74, 6) is -1.28. The number of fused-ring (bicyclic) bond motifs is 1. The summed E-state index contributed by atoms with van der Waals surface area (Å²) in [7, 11) is 0. The van der Waals surface area contributed by atoms with E-state index in [1.54, 1.807) is 30.3 Å². The molecule has 0 heterocycles. The molecule has 1 atom stereocenters. The van der Waals surface area contributed by atoms with Crippen LogP contribution in [-0.2, 0) is 14.3 Å². The molecule has 3 rings (SSSR count). The smallest absolute Gasteiger partial charge is 0.329 e. The highest BCUT2D eigenvalue weighted by Gasteiger charge is 2.24. The number of amides is 2. The molecule has 0 saturated heterocycles. The largest absolute Gasteiger partial charge is 0.454 e. The Morgan fingerprint density at radius 1 is 0.871 bits per heavy atom. The summed E-state index contributed by atoms with van der Waals surface area (Å²) >= 11 is 0. The number of benzene rings is 3. The summed E-state index contributed by atoms with van der Waals surface area (Å²) in [6.45, 7) is 3.46. The minimum absolute atomic E-state index is 0.151. The van der Waals surface area contributed by atoms with Gasteiger partial charge in [-0.15, -0.1) is 0 Å². The summed E-state index contributed by atoms with van der Waals surface area (Å²) in [6, 6.07) is 21.1. The predicted octanol–water partition coefficient (Wildman–Crippen LogP) is 4.17. The Bertz CT molecular complexity index is 1060. The molecule has 2 N–H and O–H groups in total. The van der Waals surface area contributed by atoms with Crippen molar-refractivity contribution in [3.63, 3.8) is 0 Å². The van der Waals surface area contributed by atoms with Gasteiger partial charge in [0.05, 0.1) is 0 Å². The van der Waals surface area contributed by atoms with Crippen LogP contribution in [0.4, 0.5) is 5.69 Å². The van der Waals surface area contributed by atoms with Crippen molar-refractivity contribution in [2.75, 3.05) is 11.9 Å². The van der Waals surface area contributed by atoms with E-state index in [0.29, 0.717) is 17.7 Å². The molecule has 3 aromatic rings. The fourth-order valence-corrected chi connectivity index (χ4v) is 3.27. The maximum Gasteiger partial charge on any atom is 0.329 e. The Hall–Kier alpha value is -3.67. The fourth-order valence-electron chi connectivity index (χ4n) is 3.27. The van der Waals surface area contributed by atoms with Crippen molar-refractivity contribution in [3.8, 4) is 0 Å². The zero-order valence-corrected chi connectivity index (χ0v) is 17.6. The molecule has 0 radical (unpaired) electrons. The molecular formula is C25H26N2O4. The van der Waals surface area contributed by atoms with Gasteiger partial charge in [0.2, 0.25) is 0 Å². The van der Waals surface area contributed by atoms with Crippen molar-refractivity contribution >= 4 is 34.2 Å². The van der Waals surface area contributed by atoms with Crippen LogP contribution in [0.3, 0.4) is 0 Å². The monoisotopic (exact) mass is 418 g/mol. The number of esters is 1. The van der Waals surface area contributed by atoms with Crippen molar-refractivity contribution in [2.45, 2.75) is 26.3 Å². The van der Waals surface area contributed by atoms with E-state index in [4.69, 9.17) is 4.74 Å². The first kappa shape index (κ1) is 22.0. The van der Waals surface area contributed by atoms with E-state index < -0.39 is 24.5 Å². The SMILES string of the molecule is CC(C)CC(NC(=O)c1ccccc1)C(=O)OCC(=O)Nc1cccc2ccccc12. The van der Waals surface area contributed by atoms with Crippen LogP contribution >= 0.6 is 0 Å². The van der Waals surface area contributed by atoms with E-state index in [-0.39, 0.29) is 11.8 Å². The first-order valence-electron chi connectivity index (χ1n) is 10.2. The van der Waals surface area contributed by atoms with E-state index in [0.717, 1.165) is 10.8 Å². The minimum atomic E-state index is -0.835. The van der Waals surface area contributed by atoms with Gasteiger partial charge in [-0.2, -0.15) is 0 Å². The number of hydrogen-bond acceptors (Lipinski definition) is 4. The third kappa shape index (κ3) is 6.15. The van der Waals surface area contributed by atoms with Crippen LogP contribution in [0.1, 0.15) is 30.6 Å². The van der Waals surface area contributed by atoms with Crippen LogP contribution in [-0.4, -0.2) is 30.4 Å². The van der Waals surface area contributed by atoms with E-state index in [1.807, 2.05) is 56.3 Å². The van der Waals surface area contributed by atoms with Crippen LogP contribution < -0.4 is 10.6 Å². The van der Waals surface area contributed by atoms with Gasteiger partial charge in [-0.05, 0) is 35.9 Å². The lowest BCUT2D eigenvalue weighted by Crippen LogP contribution is -2.43. The topological polar surface area (TPSA) is 84.5 Å². The molecule has 2 amide bonds. The second-order valence-corrected chi connectivity index (χ2v) is 7.70. The molecular weight excluding hydrogens is 392 g/mol. The molecule has 3 aromatic carbocycles. The quantitative estimate of drug-likeness (QED) is 0.538. The maximum atomic E-state index is 12.6. The third-order valence-corrected chi connectivity index (χ3v) is 4.74. The summed E-state index contributed by atoms with van der Waals surface area (Å²) in [5, 5.41) is 7.40. The number of hydrogen-bond donors (Lipinski definition) is 2. The Labute approximate surface area is 181 Å². The molecule has 0 fully saturated rings. The summed E-state index contributed by atoms with van der Waals surface area (Å²) in [4.78, 5) is 37.4. The van der Waals surface area contributed by atoms with Crippen molar-refractivity contribution in [1.82, 2.24) is 5.32 Å². The van der Waals surface area contributed by atoms with Crippen LogP contribution in [0.25, 0.3) is 10.8 Å². The molecule has 6 heteroatoms. The van der Waals surface area contributed by atoms with Gasteiger partial charge in [-0.3, -0.25) is 9.59 Å². The van der Waals surface area contributed by atoms with Crippen molar-refractivity contribution in [2.24, 2.45) is 5.92 Å².